The third-order valence-electron chi connectivity index (χ3n) is 3.44. The molecule has 0 aliphatic rings. The van der Waals surface area contributed by atoms with Gasteiger partial charge >= 0.3 is 5.97 Å². The van der Waals surface area contributed by atoms with Gasteiger partial charge in [0, 0.05) is 4.88 Å². The molecule has 1 aromatic carbocycles. The second-order valence-electron chi connectivity index (χ2n) is 4.92. The molecular formula is C16H14N2O3S. The maximum Gasteiger partial charge on any atom is 0.338 e. The molecule has 5 nitrogen and oxygen atoms in total. The molecule has 0 atom stereocenters. The average molecular weight is 314 g/mol. The van der Waals surface area contributed by atoms with E-state index >= 15 is 0 Å². The first-order valence-electron chi connectivity index (χ1n) is 6.77. The van der Waals surface area contributed by atoms with E-state index in [1.54, 1.807) is 24.3 Å². The van der Waals surface area contributed by atoms with Gasteiger partial charge in [0.05, 0.1) is 10.9 Å². The molecule has 0 spiro atoms. The fourth-order valence-corrected chi connectivity index (χ4v) is 3.21. The molecule has 0 unspecified atom stereocenters. The summed E-state index contributed by atoms with van der Waals surface area (Å²) in [6.45, 7) is 3.80. The Morgan fingerprint density at radius 3 is 2.73 bits per heavy atom. The Morgan fingerprint density at radius 2 is 2.00 bits per heavy atom. The lowest BCUT2D eigenvalue weighted by Gasteiger charge is -2.04. The molecule has 112 valence electrons. The number of carbonyl (C=O) groups is 1. The molecule has 0 saturated heterocycles. The molecule has 2 heterocycles. The number of hydrogen-bond acceptors (Lipinski definition) is 5. The van der Waals surface area contributed by atoms with Gasteiger partial charge in [0.25, 0.3) is 5.56 Å². The highest BCUT2D eigenvalue weighted by Crippen LogP contribution is 2.25. The highest BCUT2D eigenvalue weighted by Gasteiger charge is 2.13. The molecule has 3 rings (SSSR count). The van der Waals surface area contributed by atoms with Gasteiger partial charge in [-0.25, -0.2) is 9.78 Å². The van der Waals surface area contributed by atoms with Crippen LogP contribution >= 0.6 is 11.3 Å². The van der Waals surface area contributed by atoms with Crippen LogP contribution in [0.2, 0.25) is 0 Å². The molecule has 3 aromatic rings. The van der Waals surface area contributed by atoms with Gasteiger partial charge in [0.2, 0.25) is 0 Å². The number of hydrogen-bond donors (Lipinski definition) is 1. The van der Waals surface area contributed by atoms with Crippen molar-refractivity contribution in [3.05, 3.63) is 62.5 Å². The van der Waals surface area contributed by atoms with Gasteiger partial charge in [-0.05, 0) is 31.5 Å². The Hall–Kier alpha value is -2.47. The summed E-state index contributed by atoms with van der Waals surface area (Å²) in [4.78, 5) is 32.8. The number of benzene rings is 1. The number of ether oxygens (including phenoxy) is 1. The summed E-state index contributed by atoms with van der Waals surface area (Å²) >= 11 is 1.47. The molecule has 0 amide bonds. The SMILES string of the molecule is Cc1sc2nc(COC(=O)c3ccccc3)[nH]c(=O)c2c1C. The lowest BCUT2D eigenvalue weighted by atomic mass is 10.2. The van der Waals surface area contributed by atoms with Crippen molar-refractivity contribution >= 4 is 27.5 Å². The van der Waals surface area contributed by atoms with Crippen LogP contribution in [0.4, 0.5) is 0 Å². The quantitative estimate of drug-likeness (QED) is 0.754. The van der Waals surface area contributed by atoms with Crippen LogP contribution in [-0.2, 0) is 11.3 Å². The summed E-state index contributed by atoms with van der Waals surface area (Å²) in [5, 5.41) is 0.612. The monoisotopic (exact) mass is 314 g/mol. The van der Waals surface area contributed by atoms with Crippen molar-refractivity contribution in [3.8, 4) is 0 Å². The van der Waals surface area contributed by atoms with Gasteiger partial charge < -0.3 is 9.72 Å². The van der Waals surface area contributed by atoms with Crippen molar-refractivity contribution in [2.24, 2.45) is 0 Å². The van der Waals surface area contributed by atoms with E-state index in [1.807, 2.05) is 19.9 Å². The maximum atomic E-state index is 12.1. The van der Waals surface area contributed by atoms with Crippen LogP contribution in [0.15, 0.2) is 35.1 Å². The van der Waals surface area contributed by atoms with Crippen molar-refractivity contribution in [1.29, 1.82) is 0 Å². The van der Waals surface area contributed by atoms with Crippen molar-refractivity contribution < 1.29 is 9.53 Å². The average Bonchev–Trinajstić information content (AvgIpc) is 2.81. The summed E-state index contributed by atoms with van der Waals surface area (Å²) in [5.41, 5.74) is 1.22. The van der Waals surface area contributed by atoms with Crippen molar-refractivity contribution in [3.63, 3.8) is 0 Å². The highest BCUT2D eigenvalue weighted by atomic mass is 32.1. The van der Waals surface area contributed by atoms with Gasteiger partial charge in [-0.3, -0.25) is 4.79 Å². The van der Waals surface area contributed by atoms with Crippen molar-refractivity contribution in [1.82, 2.24) is 9.97 Å². The zero-order valence-electron chi connectivity index (χ0n) is 12.2. The summed E-state index contributed by atoms with van der Waals surface area (Å²) < 4.78 is 5.19. The van der Waals surface area contributed by atoms with Crippen LogP contribution in [0.3, 0.4) is 0 Å². The number of nitrogens with one attached hydrogen (secondary N) is 1. The number of thiophene rings is 1. The van der Waals surface area contributed by atoms with Crippen molar-refractivity contribution in [2.45, 2.75) is 20.5 Å². The summed E-state index contributed by atoms with van der Waals surface area (Å²) in [6, 6.07) is 8.70. The molecule has 0 aliphatic heterocycles. The number of rotatable bonds is 3. The molecule has 0 saturated carbocycles. The Labute approximate surface area is 130 Å². The molecule has 0 radical (unpaired) electrons. The third kappa shape index (κ3) is 2.65. The van der Waals surface area contributed by atoms with Crippen LogP contribution in [-0.4, -0.2) is 15.9 Å². The zero-order valence-corrected chi connectivity index (χ0v) is 13.0. The summed E-state index contributed by atoms with van der Waals surface area (Å²) in [7, 11) is 0. The van der Waals surface area contributed by atoms with E-state index in [4.69, 9.17) is 4.74 Å². The Morgan fingerprint density at radius 1 is 1.27 bits per heavy atom. The minimum Gasteiger partial charge on any atom is -0.454 e. The van der Waals surface area contributed by atoms with Gasteiger partial charge in [0.15, 0.2) is 0 Å². The Bertz CT molecular complexity index is 897. The first kappa shape index (κ1) is 14.5. The second kappa shape index (κ2) is 5.73. The van der Waals surface area contributed by atoms with Gasteiger partial charge in [-0.15, -0.1) is 11.3 Å². The van der Waals surface area contributed by atoms with E-state index in [2.05, 4.69) is 9.97 Å². The number of esters is 1. The Kier molecular flexibility index (Phi) is 3.77. The van der Waals surface area contributed by atoms with E-state index < -0.39 is 5.97 Å². The number of carbonyl (C=O) groups excluding carboxylic acids is 1. The number of nitrogens with zero attached hydrogens (tertiary/aromatic N) is 1. The third-order valence-corrected chi connectivity index (χ3v) is 4.54. The molecule has 22 heavy (non-hydrogen) atoms. The standard InChI is InChI=1S/C16H14N2O3S/c1-9-10(2)22-15-13(9)14(19)17-12(18-15)8-21-16(20)11-6-4-3-5-7-11/h3-7H,8H2,1-2H3,(H,17,18,19). The van der Waals surface area contributed by atoms with E-state index in [1.165, 1.54) is 11.3 Å². The molecule has 1 N–H and O–H groups in total. The lowest BCUT2D eigenvalue weighted by molar-refractivity contribution is 0.0462. The van der Waals surface area contributed by atoms with Crippen molar-refractivity contribution in [2.75, 3.05) is 0 Å². The first-order chi connectivity index (χ1) is 10.6. The number of H-pyrrole nitrogens is 1. The number of aromatic nitrogens is 2. The molecule has 0 aliphatic carbocycles. The minimum absolute atomic E-state index is 0.0606. The highest BCUT2D eigenvalue weighted by molar-refractivity contribution is 7.18. The lowest BCUT2D eigenvalue weighted by Crippen LogP contribution is -2.14. The topological polar surface area (TPSA) is 72.0 Å². The smallest absolute Gasteiger partial charge is 0.338 e. The van der Waals surface area contributed by atoms with E-state index in [0.717, 1.165) is 10.4 Å². The first-order valence-corrected chi connectivity index (χ1v) is 7.59. The van der Waals surface area contributed by atoms with E-state index in [-0.39, 0.29) is 12.2 Å². The van der Waals surface area contributed by atoms with E-state index in [0.29, 0.717) is 21.6 Å². The summed E-state index contributed by atoms with van der Waals surface area (Å²) in [6.07, 6.45) is 0. The number of fused-ring (bicyclic) bond motifs is 1. The Balaban J connectivity index is 1.83. The number of aryl methyl sites for hydroxylation is 2. The fourth-order valence-electron chi connectivity index (χ4n) is 2.16. The largest absolute Gasteiger partial charge is 0.454 e. The van der Waals surface area contributed by atoms with E-state index in [9.17, 15) is 9.59 Å². The predicted molar refractivity (Wildman–Crippen MR) is 85.3 cm³/mol. The summed E-state index contributed by atoms with van der Waals surface area (Å²) in [5.74, 6) is -0.0927. The normalized spacial score (nSPS) is 10.8. The molecule has 6 heteroatoms. The maximum absolute atomic E-state index is 12.1. The van der Waals surface area contributed by atoms with Crippen LogP contribution in [0.25, 0.3) is 10.2 Å². The van der Waals surface area contributed by atoms with Gasteiger partial charge in [-0.1, -0.05) is 18.2 Å². The van der Waals surface area contributed by atoms with Gasteiger partial charge in [0.1, 0.15) is 17.3 Å². The predicted octanol–water partition coefficient (Wildman–Crippen LogP) is 2.96. The fraction of sp³-hybridized carbons (Fsp3) is 0.188. The molecule has 2 aromatic heterocycles. The second-order valence-corrected chi connectivity index (χ2v) is 6.12. The number of aromatic amines is 1. The van der Waals surface area contributed by atoms with Crippen LogP contribution in [0.5, 0.6) is 0 Å². The van der Waals surface area contributed by atoms with Crippen LogP contribution < -0.4 is 5.56 Å². The molecule has 0 fully saturated rings. The molecule has 0 bridgehead atoms. The van der Waals surface area contributed by atoms with Crippen LogP contribution in [0.1, 0.15) is 26.6 Å². The molecular weight excluding hydrogens is 300 g/mol. The van der Waals surface area contributed by atoms with Gasteiger partial charge in [-0.2, -0.15) is 0 Å². The minimum atomic E-state index is -0.443. The zero-order chi connectivity index (χ0) is 15.7. The van der Waals surface area contributed by atoms with Crippen LogP contribution in [0, 0.1) is 13.8 Å².